The Hall–Kier alpha value is -1.44. The zero-order chi connectivity index (χ0) is 17.4. The van der Waals surface area contributed by atoms with E-state index in [2.05, 4.69) is 4.72 Å². The molecule has 1 aliphatic carbocycles. The molecule has 2 fully saturated rings. The molecule has 1 N–H and O–H groups in total. The number of fused-ring (bicyclic) bond motifs is 1. The van der Waals surface area contributed by atoms with E-state index in [4.69, 9.17) is 4.74 Å². The Balaban J connectivity index is 1.51. The van der Waals surface area contributed by atoms with E-state index in [0.29, 0.717) is 24.6 Å². The molecule has 2 heterocycles. The van der Waals surface area contributed by atoms with Crippen molar-refractivity contribution in [2.75, 3.05) is 13.2 Å². The summed E-state index contributed by atoms with van der Waals surface area (Å²) in [5, 5.41) is 0. The lowest BCUT2D eigenvalue weighted by Gasteiger charge is -2.31. The van der Waals surface area contributed by atoms with Crippen LogP contribution >= 0.6 is 0 Å². The number of amides is 1. The van der Waals surface area contributed by atoms with Gasteiger partial charge in [0, 0.05) is 25.7 Å². The minimum Gasteiger partial charge on any atom is -0.368 e. The van der Waals surface area contributed by atoms with Crippen molar-refractivity contribution in [3.8, 4) is 0 Å². The van der Waals surface area contributed by atoms with Crippen LogP contribution in [-0.2, 0) is 32.5 Å². The van der Waals surface area contributed by atoms with Crippen molar-refractivity contribution < 1.29 is 17.9 Å². The quantitative estimate of drug-likeness (QED) is 0.880. The van der Waals surface area contributed by atoms with Gasteiger partial charge in [0.15, 0.2) is 0 Å². The summed E-state index contributed by atoms with van der Waals surface area (Å²) < 4.78 is 33.3. The zero-order valence-electron chi connectivity index (χ0n) is 14.2. The fourth-order valence-electron chi connectivity index (χ4n) is 3.68. The third-order valence-electron chi connectivity index (χ3n) is 5.44. The smallest absolute Gasteiger partial charge is 0.252 e. The molecular formula is C18H24N2O4S. The summed E-state index contributed by atoms with van der Waals surface area (Å²) in [6, 6.07) is 5.36. The van der Waals surface area contributed by atoms with Crippen LogP contribution in [-0.4, -0.2) is 44.5 Å². The van der Waals surface area contributed by atoms with Crippen LogP contribution in [0.3, 0.4) is 0 Å². The molecule has 136 valence electrons. The van der Waals surface area contributed by atoms with Crippen LogP contribution in [0.15, 0.2) is 23.1 Å². The first kappa shape index (κ1) is 17.0. The highest BCUT2D eigenvalue weighted by molar-refractivity contribution is 7.89. The average molecular weight is 364 g/mol. The van der Waals surface area contributed by atoms with Crippen molar-refractivity contribution in [2.45, 2.75) is 62.1 Å². The van der Waals surface area contributed by atoms with Gasteiger partial charge in [-0.1, -0.05) is 12.5 Å². The Kier molecular flexibility index (Phi) is 4.56. The van der Waals surface area contributed by atoms with Crippen molar-refractivity contribution in [2.24, 2.45) is 0 Å². The van der Waals surface area contributed by atoms with Gasteiger partial charge in [0.25, 0.3) is 5.91 Å². The molecule has 1 amide bonds. The highest BCUT2D eigenvalue weighted by Crippen LogP contribution is 2.26. The zero-order valence-corrected chi connectivity index (χ0v) is 15.1. The van der Waals surface area contributed by atoms with Gasteiger partial charge in [0.05, 0.1) is 4.90 Å². The van der Waals surface area contributed by atoms with Gasteiger partial charge in [-0.05, 0) is 55.4 Å². The van der Waals surface area contributed by atoms with Crippen molar-refractivity contribution in [1.29, 1.82) is 0 Å². The maximum atomic E-state index is 12.6. The lowest BCUT2D eigenvalue weighted by atomic mass is 9.94. The van der Waals surface area contributed by atoms with E-state index in [1.54, 1.807) is 17.0 Å². The van der Waals surface area contributed by atoms with Gasteiger partial charge in [-0.15, -0.1) is 0 Å². The molecule has 1 saturated carbocycles. The molecule has 6 nitrogen and oxygen atoms in total. The van der Waals surface area contributed by atoms with Crippen molar-refractivity contribution in [3.05, 3.63) is 29.3 Å². The minimum absolute atomic E-state index is 0.0315. The number of carbonyl (C=O) groups excluding carboxylic acids is 1. The van der Waals surface area contributed by atoms with Gasteiger partial charge in [0.1, 0.15) is 6.10 Å². The molecule has 3 aliphatic rings. The van der Waals surface area contributed by atoms with Crippen molar-refractivity contribution in [3.63, 3.8) is 0 Å². The van der Waals surface area contributed by atoms with Gasteiger partial charge in [-0.25, -0.2) is 13.1 Å². The van der Waals surface area contributed by atoms with Gasteiger partial charge in [-0.2, -0.15) is 0 Å². The Morgan fingerprint density at radius 1 is 1.16 bits per heavy atom. The third-order valence-corrected chi connectivity index (χ3v) is 6.96. The number of hydrogen-bond donors (Lipinski definition) is 1. The summed E-state index contributed by atoms with van der Waals surface area (Å²) in [6.45, 7) is 1.77. The fourth-order valence-corrected chi connectivity index (χ4v) is 5.03. The van der Waals surface area contributed by atoms with Crippen LogP contribution in [0.25, 0.3) is 0 Å². The molecule has 0 bridgehead atoms. The number of rotatable bonds is 4. The van der Waals surface area contributed by atoms with Gasteiger partial charge in [0.2, 0.25) is 10.0 Å². The van der Waals surface area contributed by atoms with E-state index in [1.807, 2.05) is 6.07 Å². The van der Waals surface area contributed by atoms with E-state index in [1.165, 1.54) is 0 Å². The van der Waals surface area contributed by atoms with E-state index in [-0.39, 0.29) is 18.1 Å². The molecule has 7 heteroatoms. The largest absolute Gasteiger partial charge is 0.368 e. The van der Waals surface area contributed by atoms with E-state index >= 15 is 0 Å². The molecule has 4 rings (SSSR count). The summed E-state index contributed by atoms with van der Waals surface area (Å²) in [4.78, 5) is 14.6. The second-order valence-electron chi connectivity index (χ2n) is 7.19. The monoisotopic (exact) mass is 364 g/mol. The number of sulfonamides is 1. The first-order valence-electron chi connectivity index (χ1n) is 9.07. The SMILES string of the molecule is O=C([C@H]1CCCO1)N1CCc2ccc(S(=O)(=O)NC3CCC3)cc2C1. The Bertz CT molecular complexity index is 767. The molecule has 1 aromatic rings. The van der Waals surface area contributed by atoms with E-state index < -0.39 is 10.0 Å². The summed E-state index contributed by atoms with van der Waals surface area (Å²) in [7, 11) is -3.49. The molecule has 25 heavy (non-hydrogen) atoms. The number of ether oxygens (including phenoxy) is 1. The van der Waals surface area contributed by atoms with Crippen LogP contribution in [0.4, 0.5) is 0 Å². The average Bonchev–Trinajstić information content (AvgIpc) is 3.11. The summed E-state index contributed by atoms with van der Waals surface area (Å²) in [5.41, 5.74) is 2.05. The van der Waals surface area contributed by atoms with Crippen LogP contribution < -0.4 is 4.72 Å². The standard InChI is InChI=1S/C18H24N2O4S/c21-18(17-5-2-10-24-17)20-9-8-13-6-7-16(11-14(13)12-20)25(22,23)19-15-3-1-4-15/h6-7,11,15,17,19H,1-5,8-10,12H2/t17-/m1/s1. The number of carbonyl (C=O) groups is 1. The molecular weight excluding hydrogens is 340 g/mol. The highest BCUT2D eigenvalue weighted by Gasteiger charge is 2.31. The van der Waals surface area contributed by atoms with E-state index in [9.17, 15) is 13.2 Å². The minimum atomic E-state index is -3.49. The third kappa shape index (κ3) is 3.45. The Labute approximate surface area is 148 Å². The fraction of sp³-hybridized carbons (Fsp3) is 0.611. The van der Waals surface area contributed by atoms with Crippen LogP contribution in [0.2, 0.25) is 0 Å². The Morgan fingerprint density at radius 3 is 2.68 bits per heavy atom. The lowest BCUT2D eigenvalue weighted by Crippen LogP contribution is -2.42. The maximum absolute atomic E-state index is 12.6. The summed E-state index contributed by atoms with van der Waals surface area (Å²) in [5.74, 6) is 0.0315. The molecule has 1 aromatic carbocycles. The summed E-state index contributed by atoms with van der Waals surface area (Å²) >= 11 is 0. The van der Waals surface area contributed by atoms with E-state index in [0.717, 1.165) is 49.7 Å². The maximum Gasteiger partial charge on any atom is 0.252 e. The second-order valence-corrected chi connectivity index (χ2v) is 8.91. The van der Waals surface area contributed by atoms with Gasteiger partial charge in [-0.3, -0.25) is 4.79 Å². The van der Waals surface area contributed by atoms with Gasteiger partial charge < -0.3 is 9.64 Å². The molecule has 1 atom stereocenters. The number of benzene rings is 1. The normalized spacial score (nSPS) is 24.0. The summed E-state index contributed by atoms with van der Waals surface area (Å²) in [6.07, 6.45) is 5.04. The molecule has 2 aliphatic heterocycles. The molecule has 0 radical (unpaired) electrons. The van der Waals surface area contributed by atoms with Crippen molar-refractivity contribution >= 4 is 15.9 Å². The first-order valence-corrected chi connectivity index (χ1v) is 10.6. The first-order chi connectivity index (χ1) is 12.0. The molecule has 0 unspecified atom stereocenters. The molecule has 0 spiro atoms. The number of nitrogens with one attached hydrogen (secondary N) is 1. The predicted octanol–water partition coefficient (Wildman–Crippen LogP) is 1.58. The van der Waals surface area contributed by atoms with Gasteiger partial charge >= 0.3 is 0 Å². The second kappa shape index (κ2) is 6.70. The van der Waals surface area contributed by atoms with Crippen LogP contribution in [0, 0.1) is 0 Å². The Morgan fingerprint density at radius 2 is 2.00 bits per heavy atom. The highest BCUT2D eigenvalue weighted by atomic mass is 32.2. The number of hydrogen-bond acceptors (Lipinski definition) is 4. The molecule has 0 aromatic heterocycles. The van der Waals surface area contributed by atoms with Crippen LogP contribution in [0.5, 0.6) is 0 Å². The number of nitrogens with zero attached hydrogens (tertiary/aromatic N) is 1. The topological polar surface area (TPSA) is 75.7 Å². The lowest BCUT2D eigenvalue weighted by molar-refractivity contribution is -0.141. The van der Waals surface area contributed by atoms with Crippen LogP contribution in [0.1, 0.15) is 43.2 Å². The van der Waals surface area contributed by atoms with Crippen molar-refractivity contribution in [1.82, 2.24) is 9.62 Å². The molecule has 1 saturated heterocycles. The predicted molar refractivity (Wildman–Crippen MR) is 92.5 cm³/mol.